The van der Waals surface area contributed by atoms with E-state index in [0.29, 0.717) is 26.0 Å². The number of nitrogens with one attached hydrogen (secondary N) is 1. The molecule has 21 heavy (non-hydrogen) atoms. The first-order valence-corrected chi connectivity index (χ1v) is 7.13. The molecule has 0 aliphatic rings. The molecule has 1 N–H and O–H groups in total. The van der Waals surface area contributed by atoms with Crippen molar-refractivity contribution in [3.63, 3.8) is 0 Å². The van der Waals surface area contributed by atoms with Gasteiger partial charge in [-0.3, -0.25) is 9.89 Å². The highest BCUT2D eigenvalue weighted by Crippen LogP contribution is 2.19. The molecule has 0 aliphatic carbocycles. The summed E-state index contributed by atoms with van der Waals surface area (Å²) in [5.74, 6) is 0.979. The van der Waals surface area contributed by atoms with Crippen LogP contribution in [0, 0.1) is 0 Å². The van der Waals surface area contributed by atoms with Crippen molar-refractivity contribution in [3.05, 3.63) is 47.8 Å². The van der Waals surface area contributed by atoms with E-state index in [1.165, 1.54) is 0 Å². The van der Waals surface area contributed by atoms with Gasteiger partial charge < -0.3 is 9.64 Å². The number of aryl methyl sites for hydroxylation is 1. The van der Waals surface area contributed by atoms with Crippen molar-refractivity contribution in [2.45, 2.75) is 26.3 Å². The summed E-state index contributed by atoms with van der Waals surface area (Å²) in [6.45, 7) is 3.16. The number of hydrogen-bond donors (Lipinski definition) is 1. The van der Waals surface area contributed by atoms with Crippen LogP contribution in [0.5, 0.6) is 5.75 Å². The number of aromatic amines is 1. The molecule has 0 saturated carbocycles. The van der Waals surface area contributed by atoms with Gasteiger partial charge in [0, 0.05) is 31.8 Å². The summed E-state index contributed by atoms with van der Waals surface area (Å²) in [4.78, 5) is 13.9. The van der Waals surface area contributed by atoms with Crippen LogP contribution in [0.1, 0.15) is 24.5 Å². The summed E-state index contributed by atoms with van der Waals surface area (Å²) < 4.78 is 5.58. The maximum absolute atomic E-state index is 12.2. The van der Waals surface area contributed by atoms with Crippen molar-refractivity contribution in [1.29, 1.82) is 0 Å². The van der Waals surface area contributed by atoms with Crippen LogP contribution in [0.4, 0.5) is 0 Å². The van der Waals surface area contributed by atoms with Crippen molar-refractivity contribution in [3.8, 4) is 5.75 Å². The van der Waals surface area contributed by atoms with E-state index in [-0.39, 0.29) is 5.91 Å². The Kier molecular flexibility index (Phi) is 5.37. The molecule has 0 atom stereocenters. The first kappa shape index (κ1) is 15.1. The zero-order valence-corrected chi connectivity index (χ0v) is 12.5. The number of rotatable bonds is 7. The summed E-state index contributed by atoms with van der Waals surface area (Å²) in [5, 5.41) is 6.63. The fourth-order valence-electron chi connectivity index (χ4n) is 2.17. The average Bonchev–Trinajstić information content (AvgIpc) is 2.99. The topological polar surface area (TPSA) is 58.2 Å². The third kappa shape index (κ3) is 4.34. The summed E-state index contributed by atoms with van der Waals surface area (Å²) in [6.07, 6.45) is 4.69. The molecule has 0 bridgehead atoms. The van der Waals surface area contributed by atoms with Crippen molar-refractivity contribution >= 4 is 5.91 Å². The van der Waals surface area contributed by atoms with Crippen LogP contribution in [0.3, 0.4) is 0 Å². The lowest BCUT2D eigenvalue weighted by molar-refractivity contribution is -0.130. The molecule has 0 saturated heterocycles. The van der Waals surface area contributed by atoms with Crippen LogP contribution >= 0.6 is 0 Å². The SMILES string of the molecule is CCOc1ccccc1CCC(=O)N(C)Cc1cn[nH]c1. The molecule has 2 rings (SSSR count). The molecule has 1 aromatic heterocycles. The highest BCUT2D eigenvalue weighted by Gasteiger charge is 2.11. The van der Waals surface area contributed by atoms with Crippen molar-refractivity contribution in [1.82, 2.24) is 15.1 Å². The number of aromatic nitrogens is 2. The molecular weight excluding hydrogens is 266 g/mol. The predicted octanol–water partition coefficient (Wildman–Crippen LogP) is 2.40. The number of carbonyl (C=O) groups excluding carboxylic acids is 1. The van der Waals surface area contributed by atoms with Gasteiger partial charge >= 0.3 is 0 Å². The number of H-pyrrole nitrogens is 1. The zero-order chi connectivity index (χ0) is 15.1. The summed E-state index contributed by atoms with van der Waals surface area (Å²) in [6, 6.07) is 7.87. The second-order valence-corrected chi connectivity index (χ2v) is 4.90. The summed E-state index contributed by atoms with van der Waals surface area (Å²) in [7, 11) is 1.81. The molecule has 5 heteroatoms. The lowest BCUT2D eigenvalue weighted by atomic mass is 10.1. The minimum Gasteiger partial charge on any atom is -0.494 e. The third-order valence-corrected chi connectivity index (χ3v) is 3.28. The van der Waals surface area contributed by atoms with Gasteiger partial charge in [-0.2, -0.15) is 5.10 Å². The molecule has 1 heterocycles. The Labute approximate surface area is 124 Å². The Balaban J connectivity index is 1.88. The van der Waals surface area contributed by atoms with Gasteiger partial charge in [0.2, 0.25) is 5.91 Å². The molecular formula is C16H21N3O2. The molecule has 1 aromatic carbocycles. The maximum atomic E-state index is 12.2. The van der Waals surface area contributed by atoms with E-state index in [0.717, 1.165) is 16.9 Å². The number of nitrogens with zero attached hydrogens (tertiary/aromatic N) is 2. The van der Waals surface area contributed by atoms with Gasteiger partial charge in [0.1, 0.15) is 5.75 Å². The van der Waals surface area contributed by atoms with Gasteiger partial charge in [-0.05, 0) is 25.0 Å². The van der Waals surface area contributed by atoms with Crippen molar-refractivity contribution in [2.24, 2.45) is 0 Å². The Bertz CT molecular complexity index is 567. The first-order valence-electron chi connectivity index (χ1n) is 7.13. The third-order valence-electron chi connectivity index (χ3n) is 3.28. The molecule has 2 aromatic rings. The Hall–Kier alpha value is -2.30. The Morgan fingerprint density at radius 1 is 1.38 bits per heavy atom. The molecule has 112 valence electrons. The Morgan fingerprint density at radius 3 is 2.90 bits per heavy atom. The molecule has 0 radical (unpaired) electrons. The van der Waals surface area contributed by atoms with E-state index in [9.17, 15) is 4.79 Å². The number of carbonyl (C=O) groups is 1. The lowest BCUT2D eigenvalue weighted by Crippen LogP contribution is -2.26. The second-order valence-electron chi connectivity index (χ2n) is 4.90. The fourth-order valence-corrected chi connectivity index (χ4v) is 2.17. The van der Waals surface area contributed by atoms with Crippen LogP contribution in [0.15, 0.2) is 36.7 Å². The molecule has 1 amide bonds. The molecule has 0 aliphatic heterocycles. The fraction of sp³-hybridized carbons (Fsp3) is 0.375. The highest BCUT2D eigenvalue weighted by atomic mass is 16.5. The van der Waals surface area contributed by atoms with E-state index in [1.807, 2.05) is 38.2 Å². The normalized spacial score (nSPS) is 10.4. The number of ether oxygens (including phenoxy) is 1. The standard InChI is InChI=1S/C16H21N3O2/c1-3-21-15-7-5-4-6-14(15)8-9-16(20)19(2)12-13-10-17-18-11-13/h4-7,10-11H,3,8-9,12H2,1-2H3,(H,17,18). The summed E-state index contributed by atoms with van der Waals surface area (Å²) in [5.41, 5.74) is 2.07. The van der Waals surface area contributed by atoms with Gasteiger partial charge in [-0.15, -0.1) is 0 Å². The van der Waals surface area contributed by atoms with Crippen LogP contribution in [-0.2, 0) is 17.8 Å². The van der Waals surface area contributed by atoms with E-state index in [4.69, 9.17) is 4.74 Å². The average molecular weight is 287 g/mol. The van der Waals surface area contributed by atoms with Gasteiger partial charge in [0.05, 0.1) is 12.8 Å². The largest absolute Gasteiger partial charge is 0.494 e. The molecule has 5 nitrogen and oxygen atoms in total. The number of para-hydroxylation sites is 1. The van der Waals surface area contributed by atoms with Gasteiger partial charge in [-0.25, -0.2) is 0 Å². The van der Waals surface area contributed by atoms with Crippen LogP contribution in [0.25, 0.3) is 0 Å². The second kappa shape index (κ2) is 7.47. The zero-order valence-electron chi connectivity index (χ0n) is 12.5. The molecule has 0 unspecified atom stereocenters. The smallest absolute Gasteiger partial charge is 0.222 e. The lowest BCUT2D eigenvalue weighted by Gasteiger charge is -2.16. The van der Waals surface area contributed by atoms with Gasteiger partial charge in [0.15, 0.2) is 0 Å². The van der Waals surface area contributed by atoms with E-state index < -0.39 is 0 Å². The monoisotopic (exact) mass is 287 g/mol. The molecule has 0 spiro atoms. The van der Waals surface area contributed by atoms with E-state index >= 15 is 0 Å². The van der Waals surface area contributed by atoms with E-state index in [1.54, 1.807) is 17.3 Å². The van der Waals surface area contributed by atoms with Gasteiger partial charge in [0.25, 0.3) is 0 Å². The number of amides is 1. The van der Waals surface area contributed by atoms with Crippen molar-refractivity contribution in [2.75, 3.05) is 13.7 Å². The highest BCUT2D eigenvalue weighted by molar-refractivity contribution is 5.76. The van der Waals surface area contributed by atoms with Crippen LogP contribution in [-0.4, -0.2) is 34.7 Å². The predicted molar refractivity (Wildman–Crippen MR) is 81.0 cm³/mol. The van der Waals surface area contributed by atoms with Crippen LogP contribution < -0.4 is 4.74 Å². The molecule has 0 fully saturated rings. The van der Waals surface area contributed by atoms with Gasteiger partial charge in [-0.1, -0.05) is 18.2 Å². The summed E-state index contributed by atoms with van der Waals surface area (Å²) >= 11 is 0. The van der Waals surface area contributed by atoms with E-state index in [2.05, 4.69) is 10.2 Å². The quantitative estimate of drug-likeness (QED) is 0.850. The number of hydrogen-bond acceptors (Lipinski definition) is 3. The maximum Gasteiger partial charge on any atom is 0.222 e. The van der Waals surface area contributed by atoms with Crippen molar-refractivity contribution < 1.29 is 9.53 Å². The minimum absolute atomic E-state index is 0.113. The minimum atomic E-state index is 0.113. The van der Waals surface area contributed by atoms with Crippen LogP contribution in [0.2, 0.25) is 0 Å². The number of benzene rings is 1. The Morgan fingerprint density at radius 2 is 2.19 bits per heavy atom. The first-order chi connectivity index (χ1) is 10.2.